The first-order valence-corrected chi connectivity index (χ1v) is 7.33. The summed E-state index contributed by atoms with van der Waals surface area (Å²) in [6.07, 6.45) is 5.39. The average molecular weight is 261 g/mol. The Morgan fingerprint density at radius 1 is 1.37 bits per heavy atom. The van der Waals surface area contributed by atoms with Crippen molar-refractivity contribution in [3.63, 3.8) is 0 Å². The largest absolute Gasteiger partial charge is 0.391 e. The number of hydrogen-bond acceptors (Lipinski definition) is 4. The third-order valence-electron chi connectivity index (χ3n) is 4.22. The quantitative estimate of drug-likeness (QED) is 0.863. The SMILES string of the molecule is CC1CCN(c2ccc(CNC3CC3)cn2)CC1O. The van der Waals surface area contributed by atoms with E-state index < -0.39 is 0 Å². The van der Waals surface area contributed by atoms with Crippen LogP contribution in [0.3, 0.4) is 0 Å². The lowest BCUT2D eigenvalue weighted by atomic mass is 9.96. The molecule has 2 atom stereocenters. The number of piperidine rings is 1. The van der Waals surface area contributed by atoms with E-state index in [-0.39, 0.29) is 6.10 Å². The zero-order valence-electron chi connectivity index (χ0n) is 11.5. The van der Waals surface area contributed by atoms with Gasteiger partial charge in [-0.1, -0.05) is 13.0 Å². The van der Waals surface area contributed by atoms with Gasteiger partial charge in [-0.05, 0) is 36.8 Å². The summed E-state index contributed by atoms with van der Waals surface area (Å²) in [6.45, 7) is 4.72. The van der Waals surface area contributed by atoms with Gasteiger partial charge in [-0.15, -0.1) is 0 Å². The van der Waals surface area contributed by atoms with Gasteiger partial charge in [0.05, 0.1) is 6.10 Å². The van der Waals surface area contributed by atoms with Crippen LogP contribution in [0.2, 0.25) is 0 Å². The van der Waals surface area contributed by atoms with Gasteiger partial charge in [-0.2, -0.15) is 0 Å². The fourth-order valence-electron chi connectivity index (χ4n) is 2.51. The first-order valence-electron chi connectivity index (χ1n) is 7.33. The van der Waals surface area contributed by atoms with Crippen LogP contribution in [0.15, 0.2) is 18.3 Å². The van der Waals surface area contributed by atoms with E-state index in [9.17, 15) is 5.11 Å². The lowest BCUT2D eigenvalue weighted by molar-refractivity contribution is 0.102. The Bertz CT molecular complexity index is 416. The molecular formula is C15H23N3O. The lowest BCUT2D eigenvalue weighted by Crippen LogP contribution is -2.43. The molecular weight excluding hydrogens is 238 g/mol. The number of anilines is 1. The van der Waals surface area contributed by atoms with E-state index in [0.717, 1.165) is 31.4 Å². The number of aliphatic hydroxyl groups is 1. The number of aromatic nitrogens is 1. The smallest absolute Gasteiger partial charge is 0.128 e. The molecule has 1 aliphatic heterocycles. The highest BCUT2D eigenvalue weighted by atomic mass is 16.3. The van der Waals surface area contributed by atoms with Crippen molar-refractivity contribution in [3.05, 3.63) is 23.9 Å². The van der Waals surface area contributed by atoms with Crippen molar-refractivity contribution in [2.24, 2.45) is 5.92 Å². The molecule has 4 heteroatoms. The fraction of sp³-hybridized carbons (Fsp3) is 0.667. The molecule has 2 unspecified atom stereocenters. The van der Waals surface area contributed by atoms with Gasteiger partial charge in [0.1, 0.15) is 5.82 Å². The number of rotatable bonds is 4. The number of pyridine rings is 1. The second-order valence-electron chi connectivity index (χ2n) is 5.96. The molecule has 0 aromatic carbocycles. The molecule has 19 heavy (non-hydrogen) atoms. The van der Waals surface area contributed by atoms with Crippen LogP contribution in [-0.2, 0) is 6.54 Å². The van der Waals surface area contributed by atoms with Gasteiger partial charge < -0.3 is 15.3 Å². The van der Waals surface area contributed by atoms with Crippen LogP contribution in [0.1, 0.15) is 31.7 Å². The van der Waals surface area contributed by atoms with E-state index in [0.29, 0.717) is 12.5 Å². The fourth-order valence-corrected chi connectivity index (χ4v) is 2.51. The lowest BCUT2D eigenvalue weighted by Gasteiger charge is -2.35. The molecule has 0 amide bonds. The minimum Gasteiger partial charge on any atom is -0.391 e. The van der Waals surface area contributed by atoms with E-state index in [1.165, 1.54) is 18.4 Å². The first-order chi connectivity index (χ1) is 9.22. The molecule has 2 heterocycles. The van der Waals surface area contributed by atoms with Crippen LogP contribution in [-0.4, -0.2) is 35.3 Å². The molecule has 1 saturated carbocycles. The summed E-state index contributed by atoms with van der Waals surface area (Å²) in [5.41, 5.74) is 1.24. The molecule has 4 nitrogen and oxygen atoms in total. The van der Waals surface area contributed by atoms with E-state index >= 15 is 0 Å². The number of nitrogens with zero attached hydrogens (tertiary/aromatic N) is 2. The summed E-state index contributed by atoms with van der Waals surface area (Å²) in [4.78, 5) is 6.72. The molecule has 0 radical (unpaired) electrons. The number of nitrogens with one attached hydrogen (secondary N) is 1. The molecule has 1 saturated heterocycles. The van der Waals surface area contributed by atoms with Crippen LogP contribution < -0.4 is 10.2 Å². The molecule has 2 N–H and O–H groups in total. The van der Waals surface area contributed by atoms with Gasteiger partial charge >= 0.3 is 0 Å². The summed E-state index contributed by atoms with van der Waals surface area (Å²) in [5, 5.41) is 13.4. The van der Waals surface area contributed by atoms with Gasteiger partial charge in [0.15, 0.2) is 0 Å². The predicted octanol–water partition coefficient (Wildman–Crippen LogP) is 1.54. The van der Waals surface area contributed by atoms with Crippen molar-refractivity contribution < 1.29 is 5.11 Å². The van der Waals surface area contributed by atoms with Crippen LogP contribution in [0.4, 0.5) is 5.82 Å². The molecule has 1 aromatic rings. The molecule has 0 bridgehead atoms. The Balaban J connectivity index is 1.58. The Morgan fingerprint density at radius 2 is 2.21 bits per heavy atom. The van der Waals surface area contributed by atoms with Gasteiger partial charge in [-0.25, -0.2) is 4.98 Å². The average Bonchev–Trinajstić information content (AvgIpc) is 3.24. The van der Waals surface area contributed by atoms with Gasteiger partial charge in [0.2, 0.25) is 0 Å². The van der Waals surface area contributed by atoms with Crippen LogP contribution in [0.5, 0.6) is 0 Å². The maximum atomic E-state index is 9.94. The van der Waals surface area contributed by atoms with Crippen molar-refractivity contribution in [3.8, 4) is 0 Å². The molecule has 1 aromatic heterocycles. The number of β-amino-alcohol motifs (C(OH)–C–C–N with tert-alkyl or cyclic N) is 1. The van der Waals surface area contributed by atoms with Crippen LogP contribution in [0.25, 0.3) is 0 Å². The van der Waals surface area contributed by atoms with Gasteiger partial charge in [0.25, 0.3) is 0 Å². The van der Waals surface area contributed by atoms with E-state index in [4.69, 9.17) is 0 Å². The van der Waals surface area contributed by atoms with Gasteiger partial charge in [-0.3, -0.25) is 0 Å². The molecule has 104 valence electrons. The highest BCUT2D eigenvalue weighted by Gasteiger charge is 2.25. The highest BCUT2D eigenvalue weighted by Crippen LogP contribution is 2.22. The van der Waals surface area contributed by atoms with Crippen molar-refractivity contribution >= 4 is 5.82 Å². The predicted molar refractivity (Wildman–Crippen MR) is 76.1 cm³/mol. The zero-order chi connectivity index (χ0) is 13.2. The summed E-state index contributed by atoms with van der Waals surface area (Å²) < 4.78 is 0. The Kier molecular flexibility index (Phi) is 3.71. The summed E-state index contributed by atoms with van der Waals surface area (Å²) in [5.74, 6) is 1.39. The standard InChI is InChI=1S/C15H23N3O/c1-11-6-7-18(10-14(11)19)15-5-2-12(9-17-15)8-16-13-3-4-13/h2,5,9,11,13-14,16,19H,3-4,6-8,10H2,1H3. The monoisotopic (exact) mass is 261 g/mol. The molecule has 2 aliphatic rings. The second-order valence-corrected chi connectivity index (χ2v) is 5.96. The Labute approximate surface area is 114 Å². The van der Waals surface area contributed by atoms with E-state index in [1.807, 2.05) is 6.20 Å². The van der Waals surface area contributed by atoms with Crippen LogP contribution in [0, 0.1) is 5.92 Å². The minimum atomic E-state index is -0.230. The highest BCUT2D eigenvalue weighted by molar-refractivity contribution is 5.40. The maximum Gasteiger partial charge on any atom is 0.128 e. The molecule has 2 fully saturated rings. The summed E-state index contributed by atoms with van der Waals surface area (Å²) in [6, 6.07) is 4.95. The molecule has 1 aliphatic carbocycles. The van der Waals surface area contributed by atoms with E-state index in [1.54, 1.807) is 0 Å². The normalized spacial score (nSPS) is 27.6. The second kappa shape index (κ2) is 5.47. The number of aliphatic hydroxyl groups excluding tert-OH is 1. The van der Waals surface area contributed by atoms with Crippen molar-refractivity contribution in [1.82, 2.24) is 10.3 Å². The molecule has 3 rings (SSSR count). The Morgan fingerprint density at radius 3 is 2.84 bits per heavy atom. The van der Waals surface area contributed by atoms with Gasteiger partial charge in [0, 0.05) is 31.9 Å². The number of hydrogen-bond donors (Lipinski definition) is 2. The molecule has 0 spiro atoms. The first kappa shape index (κ1) is 12.9. The van der Waals surface area contributed by atoms with Crippen molar-refractivity contribution in [2.75, 3.05) is 18.0 Å². The third kappa shape index (κ3) is 3.25. The minimum absolute atomic E-state index is 0.230. The topological polar surface area (TPSA) is 48.4 Å². The van der Waals surface area contributed by atoms with Crippen molar-refractivity contribution in [1.29, 1.82) is 0 Å². The van der Waals surface area contributed by atoms with Crippen LogP contribution >= 0.6 is 0 Å². The van der Waals surface area contributed by atoms with E-state index in [2.05, 4.69) is 34.3 Å². The Hall–Kier alpha value is -1.13. The summed E-state index contributed by atoms with van der Waals surface area (Å²) >= 11 is 0. The summed E-state index contributed by atoms with van der Waals surface area (Å²) in [7, 11) is 0. The third-order valence-corrected chi connectivity index (χ3v) is 4.22. The zero-order valence-corrected chi connectivity index (χ0v) is 11.5. The van der Waals surface area contributed by atoms with Crippen molar-refractivity contribution in [2.45, 2.75) is 44.9 Å². The maximum absolute atomic E-state index is 9.94.